The van der Waals surface area contributed by atoms with Gasteiger partial charge in [-0.1, -0.05) is 25.7 Å². The number of amides is 1. The number of nitrogens with one attached hydrogen (secondary N) is 3. The molecule has 0 spiro atoms. The summed E-state index contributed by atoms with van der Waals surface area (Å²) in [6.45, 7) is 15.4. The molecule has 304 valence electrons. The van der Waals surface area contributed by atoms with Crippen molar-refractivity contribution in [3.8, 4) is 0 Å². The topological polar surface area (TPSA) is 122 Å². The van der Waals surface area contributed by atoms with Gasteiger partial charge in [0.2, 0.25) is 0 Å². The molecule has 53 heavy (non-hydrogen) atoms. The Morgan fingerprint density at radius 2 is 1.70 bits per heavy atom. The molecule has 1 amide bonds. The summed E-state index contributed by atoms with van der Waals surface area (Å²) in [5.74, 6) is -0.0973. The molecule has 0 aliphatic heterocycles. The third-order valence-electron chi connectivity index (χ3n) is 8.26. The molecule has 1 aliphatic rings. The van der Waals surface area contributed by atoms with Crippen molar-refractivity contribution in [2.75, 3.05) is 13.1 Å². The molecule has 1 saturated carbocycles. The van der Waals surface area contributed by atoms with Crippen LogP contribution in [0.5, 0.6) is 0 Å². The predicted molar refractivity (Wildman–Crippen MR) is 196 cm³/mol. The van der Waals surface area contributed by atoms with Gasteiger partial charge in [0, 0.05) is 41.3 Å². The van der Waals surface area contributed by atoms with Crippen LogP contribution in [0, 0.1) is 5.92 Å². The van der Waals surface area contributed by atoms with E-state index < -0.39 is 85.1 Å². The van der Waals surface area contributed by atoms with Crippen LogP contribution >= 0.6 is 0 Å². The molecule has 1 aromatic carbocycles. The van der Waals surface area contributed by atoms with Gasteiger partial charge in [0.05, 0.1) is 17.1 Å². The van der Waals surface area contributed by atoms with Crippen molar-refractivity contribution in [1.82, 2.24) is 24.9 Å². The maximum atomic E-state index is 14.3. The van der Waals surface area contributed by atoms with Crippen LogP contribution in [0.4, 0.5) is 31.1 Å². The van der Waals surface area contributed by atoms with Crippen molar-refractivity contribution in [3.05, 3.63) is 29.6 Å². The van der Waals surface area contributed by atoms with Crippen LogP contribution in [0.2, 0.25) is 25.7 Å². The van der Waals surface area contributed by atoms with Crippen molar-refractivity contribution < 1.29 is 52.6 Å². The Morgan fingerprint density at radius 1 is 1.08 bits per heavy atom. The Balaban J connectivity index is 2.12. The number of imidazole rings is 1. The normalized spacial score (nSPS) is 19.2. The lowest BCUT2D eigenvalue weighted by Gasteiger charge is -2.32. The van der Waals surface area contributed by atoms with Gasteiger partial charge in [-0.2, -0.15) is 26.3 Å². The first-order valence-corrected chi connectivity index (χ1v) is 22.5. The standard InChI is InChI=1S/C35H57F6N5O5SSi/c1-21(50-22(2)34(36,37)38)28(45-52(48)33(6,7)8)30-43-25-18-24(14-15-26(25)46(30)20-49-16-17-53(9,10)11)29(23-12-13-23)42-19-27(35(39,40)41)44-31(47)51-32(3,4)5/h14-15,18,21-23,27-29,42,45H,12-13,16-17,19-20H2,1-11H3,(H,44,47)/t21-,22+,27?,28+,29-,52?/m1/s1/i19D2. The van der Waals surface area contributed by atoms with E-state index in [1.54, 1.807) is 48.9 Å². The summed E-state index contributed by atoms with van der Waals surface area (Å²) in [4.78, 5) is 17.2. The fourth-order valence-electron chi connectivity index (χ4n) is 5.10. The van der Waals surface area contributed by atoms with Crippen molar-refractivity contribution >= 4 is 36.6 Å². The van der Waals surface area contributed by atoms with Crippen molar-refractivity contribution in [2.45, 2.75) is 154 Å². The molecule has 3 rings (SSSR count). The molecule has 0 radical (unpaired) electrons. The quantitative estimate of drug-likeness (QED) is 0.0633. The maximum Gasteiger partial charge on any atom is 0.414 e. The van der Waals surface area contributed by atoms with Gasteiger partial charge in [0.25, 0.3) is 0 Å². The molecule has 3 N–H and O–H groups in total. The van der Waals surface area contributed by atoms with E-state index in [2.05, 4.69) is 29.7 Å². The SMILES string of the molecule is [2H]C([2H])(N[C@@H](c1ccc2c(c1)nc([C@@H](N[S+]([O-])C(C)(C)C)[C@@H](C)O[C@@H](C)C(F)(F)F)n2COCC[Si](C)(C)C)C1CC1)C(NC(=O)OC(C)(C)C)C(F)(F)F. The Morgan fingerprint density at radius 3 is 2.21 bits per heavy atom. The van der Waals surface area contributed by atoms with Crippen LogP contribution in [0.1, 0.15) is 94.4 Å². The highest BCUT2D eigenvalue weighted by Crippen LogP contribution is 2.42. The Bertz CT molecular complexity index is 1600. The van der Waals surface area contributed by atoms with Crippen LogP contribution < -0.4 is 15.4 Å². The lowest BCUT2D eigenvalue weighted by Crippen LogP contribution is -2.52. The van der Waals surface area contributed by atoms with Crippen LogP contribution in [-0.4, -0.2) is 82.3 Å². The van der Waals surface area contributed by atoms with E-state index in [9.17, 15) is 35.7 Å². The smallest absolute Gasteiger partial charge is 0.414 e. The number of carbonyl (C=O) groups excluding carboxylic acids is 1. The van der Waals surface area contributed by atoms with E-state index in [0.717, 1.165) is 13.0 Å². The number of ether oxygens (including phenoxy) is 3. The highest BCUT2D eigenvalue weighted by molar-refractivity contribution is 7.90. The second-order valence-corrected chi connectivity index (χ2v) is 24.3. The second kappa shape index (κ2) is 17.4. The van der Waals surface area contributed by atoms with Gasteiger partial charge in [0.1, 0.15) is 35.0 Å². The number of nitrogens with zero attached hydrogens (tertiary/aromatic N) is 2. The van der Waals surface area contributed by atoms with Crippen LogP contribution in [0.15, 0.2) is 18.2 Å². The first-order valence-electron chi connectivity index (χ1n) is 18.6. The molecule has 0 saturated heterocycles. The first kappa shape index (κ1) is 42.1. The fourth-order valence-corrected chi connectivity index (χ4v) is 6.73. The van der Waals surface area contributed by atoms with Crippen LogP contribution in [0.3, 0.4) is 0 Å². The average Bonchev–Trinajstić information content (AvgIpc) is 3.77. The summed E-state index contributed by atoms with van der Waals surface area (Å²) < 4.78 is 135. The van der Waals surface area contributed by atoms with Crippen molar-refractivity contribution in [2.24, 2.45) is 5.92 Å². The number of fused-ring (bicyclic) bond motifs is 1. The number of halogens is 6. The van der Waals surface area contributed by atoms with Gasteiger partial charge in [-0.05, 0) is 97.9 Å². The first-order chi connectivity index (χ1) is 24.8. The number of hydrogen-bond acceptors (Lipinski definition) is 8. The number of hydrogen-bond donors (Lipinski definition) is 3. The van der Waals surface area contributed by atoms with Crippen LogP contribution in [0.25, 0.3) is 11.0 Å². The van der Waals surface area contributed by atoms with Crippen molar-refractivity contribution in [1.29, 1.82) is 0 Å². The number of benzene rings is 1. The van der Waals surface area contributed by atoms with E-state index in [1.807, 2.05) is 0 Å². The molecule has 18 heteroatoms. The van der Waals surface area contributed by atoms with Gasteiger partial charge in [-0.3, -0.25) is 0 Å². The van der Waals surface area contributed by atoms with E-state index in [4.69, 9.17) is 21.9 Å². The average molecular weight is 804 g/mol. The zero-order valence-corrected chi connectivity index (χ0v) is 34.2. The van der Waals surface area contributed by atoms with Crippen molar-refractivity contribution in [3.63, 3.8) is 0 Å². The molecule has 6 atom stereocenters. The second-order valence-electron chi connectivity index (χ2n) is 16.7. The zero-order valence-electron chi connectivity index (χ0n) is 34.3. The Hall–Kier alpha value is -2.09. The third kappa shape index (κ3) is 14.2. The minimum absolute atomic E-state index is 0.0754. The summed E-state index contributed by atoms with van der Waals surface area (Å²) in [6, 6.07) is 0.560. The van der Waals surface area contributed by atoms with E-state index in [1.165, 1.54) is 27.7 Å². The Labute approximate surface area is 316 Å². The van der Waals surface area contributed by atoms with E-state index in [0.29, 0.717) is 30.5 Å². The monoisotopic (exact) mass is 803 g/mol. The molecule has 10 nitrogen and oxygen atoms in total. The molecular formula is C35H57F6N5O5SSi. The largest absolute Gasteiger partial charge is 0.598 e. The van der Waals surface area contributed by atoms with Gasteiger partial charge in [-0.25, -0.2) is 9.78 Å². The van der Waals surface area contributed by atoms with Gasteiger partial charge < -0.3 is 34.0 Å². The minimum atomic E-state index is -5.20. The number of rotatable bonds is 17. The van der Waals surface area contributed by atoms with Gasteiger partial charge in [0.15, 0.2) is 6.10 Å². The number of aromatic nitrogens is 2. The highest BCUT2D eigenvalue weighted by Gasteiger charge is 2.44. The Kier molecular flexibility index (Phi) is 13.8. The third-order valence-corrected chi connectivity index (χ3v) is 11.5. The maximum absolute atomic E-state index is 14.3. The van der Waals surface area contributed by atoms with Gasteiger partial charge >= 0.3 is 18.4 Å². The molecule has 2 unspecified atom stereocenters. The molecule has 0 bridgehead atoms. The summed E-state index contributed by atoms with van der Waals surface area (Å²) >= 11 is -1.80. The fraction of sp³-hybridized carbons (Fsp3) is 0.771. The molecular weight excluding hydrogens is 745 g/mol. The summed E-state index contributed by atoms with van der Waals surface area (Å²) in [7, 11) is -1.52. The number of alkyl halides is 6. The summed E-state index contributed by atoms with van der Waals surface area (Å²) in [5.41, 5.74) is 0.0160. The summed E-state index contributed by atoms with van der Waals surface area (Å²) in [6.07, 6.45) is -13.5. The lowest BCUT2D eigenvalue weighted by atomic mass is 10.0. The molecule has 1 aliphatic carbocycles. The zero-order chi connectivity index (χ0) is 42.1. The molecule has 1 aromatic heterocycles. The van der Waals surface area contributed by atoms with Crippen LogP contribution in [-0.2, 0) is 32.3 Å². The highest BCUT2D eigenvalue weighted by atomic mass is 32.2. The van der Waals surface area contributed by atoms with Gasteiger partial charge in [-0.15, -0.1) is 4.72 Å². The number of alkyl carbamates (subject to hydrolysis) is 1. The number of carbonyl (C=O) groups is 1. The molecule has 1 fully saturated rings. The predicted octanol–water partition coefficient (Wildman–Crippen LogP) is 8.29. The summed E-state index contributed by atoms with van der Waals surface area (Å²) in [5, 5.41) is 4.17. The minimum Gasteiger partial charge on any atom is -0.598 e. The van der Waals surface area contributed by atoms with E-state index >= 15 is 0 Å². The van der Waals surface area contributed by atoms with E-state index in [-0.39, 0.29) is 24.0 Å². The molecule has 2 aromatic rings. The lowest BCUT2D eigenvalue weighted by molar-refractivity contribution is -0.227. The molecule has 1 heterocycles.